The van der Waals surface area contributed by atoms with Crippen LogP contribution in [0.25, 0.3) is 0 Å². The van der Waals surface area contributed by atoms with Crippen LogP contribution >= 0.6 is 0 Å². The van der Waals surface area contributed by atoms with Crippen LogP contribution in [0.1, 0.15) is 16.7 Å². The van der Waals surface area contributed by atoms with Crippen molar-refractivity contribution in [1.82, 2.24) is 10.3 Å². The van der Waals surface area contributed by atoms with E-state index in [1.54, 1.807) is 24.4 Å². The van der Waals surface area contributed by atoms with Crippen molar-refractivity contribution in [3.05, 3.63) is 95.6 Å². The molecule has 4 heteroatoms. The summed E-state index contributed by atoms with van der Waals surface area (Å²) in [6.45, 7) is 1.71. The first-order valence-electron chi connectivity index (χ1n) is 7.86. The topological polar surface area (TPSA) is 34.1 Å². The maximum absolute atomic E-state index is 13.6. The number of ether oxygens (including phenoxy) is 1. The Morgan fingerprint density at radius 2 is 1.75 bits per heavy atom. The highest BCUT2D eigenvalue weighted by atomic mass is 19.1. The van der Waals surface area contributed by atoms with Gasteiger partial charge < -0.3 is 10.1 Å². The Hall–Kier alpha value is -2.72. The third-order valence-electron chi connectivity index (χ3n) is 3.63. The van der Waals surface area contributed by atoms with E-state index in [1.165, 1.54) is 6.07 Å². The zero-order valence-electron chi connectivity index (χ0n) is 13.3. The Balaban J connectivity index is 1.53. The molecule has 122 valence electrons. The molecule has 0 atom stereocenters. The van der Waals surface area contributed by atoms with E-state index in [2.05, 4.69) is 10.3 Å². The first-order valence-corrected chi connectivity index (χ1v) is 7.86. The monoisotopic (exact) mass is 322 g/mol. The Morgan fingerprint density at radius 1 is 0.917 bits per heavy atom. The van der Waals surface area contributed by atoms with E-state index in [0.29, 0.717) is 5.56 Å². The molecule has 0 saturated carbocycles. The van der Waals surface area contributed by atoms with Gasteiger partial charge in [-0.15, -0.1) is 0 Å². The van der Waals surface area contributed by atoms with E-state index in [4.69, 9.17) is 4.74 Å². The Bertz CT molecular complexity index is 777. The van der Waals surface area contributed by atoms with E-state index in [0.717, 1.165) is 30.0 Å². The fourth-order valence-electron chi connectivity index (χ4n) is 2.38. The van der Waals surface area contributed by atoms with Crippen LogP contribution in [0.15, 0.2) is 73.1 Å². The lowest BCUT2D eigenvalue weighted by Crippen LogP contribution is -2.12. The minimum Gasteiger partial charge on any atom is -0.489 e. The third-order valence-corrected chi connectivity index (χ3v) is 3.63. The number of hydrogen-bond acceptors (Lipinski definition) is 3. The number of benzene rings is 2. The normalized spacial score (nSPS) is 10.5. The molecule has 3 aromatic rings. The highest BCUT2D eigenvalue weighted by molar-refractivity contribution is 5.29. The first kappa shape index (κ1) is 16.1. The number of hydrogen-bond donors (Lipinski definition) is 1. The second kappa shape index (κ2) is 8.22. The van der Waals surface area contributed by atoms with Crippen LogP contribution in [0.3, 0.4) is 0 Å². The molecule has 1 N–H and O–H groups in total. The van der Waals surface area contributed by atoms with Gasteiger partial charge in [0.1, 0.15) is 18.2 Å². The highest BCUT2D eigenvalue weighted by Gasteiger charge is 2.02. The van der Waals surface area contributed by atoms with Crippen molar-refractivity contribution in [2.24, 2.45) is 0 Å². The largest absolute Gasteiger partial charge is 0.489 e. The van der Waals surface area contributed by atoms with E-state index in [-0.39, 0.29) is 12.4 Å². The Morgan fingerprint density at radius 3 is 2.58 bits per heavy atom. The number of halogens is 1. The lowest BCUT2D eigenvalue weighted by atomic mass is 10.2. The van der Waals surface area contributed by atoms with Gasteiger partial charge in [0.05, 0.1) is 0 Å². The first-order chi connectivity index (χ1) is 11.8. The molecule has 1 heterocycles. The zero-order valence-corrected chi connectivity index (χ0v) is 13.3. The van der Waals surface area contributed by atoms with Crippen LogP contribution in [0.2, 0.25) is 0 Å². The van der Waals surface area contributed by atoms with Crippen molar-refractivity contribution in [2.45, 2.75) is 19.7 Å². The van der Waals surface area contributed by atoms with Crippen molar-refractivity contribution >= 4 is 0 Å². The van der Waals surface area contributed by atoms with Gasteiger partial charge in [-0.25, -0.2) is 4.39 Å². The standard InChI is InChI=1S/C20H19FN2O/c21-20-9-2-1-7-18(20)15-24-19-8-3-5-16(11-19)12-23-14-17-6-4-10-22-13-17/h1-11,13,23H,12,14-15H2. The maximum atomic E-state index is 13.6. The van der Waals surface area contributed by atoms with Crippen LogP contribution in [-0.2, 0) is 19.7 Å². The molecule has 0 bridgehead atoms. The van der Waals surface area contributed by atoms with E-state index in [9.17, 15) is 4.39 Å². The van der Waals surface area contributed by atoms with Gasteiger partial charge in [0.2, 0.25) is 0 Å². The van der Waals surface area contributed by atoms with E-state index >= 15 is 0 Å². The second-order valence-corrected chi connectivity index (χ2v) is 5.49. The number of aromatic nitrogens is 1. The summed E-state index contributed by atoms with van der Waals surface area (Å²) in [6.07, 6.45) is 3.61. The lowest BCUT2D eigenvalue weighted by Gasteiger charge is -2.09. The average Bonchev–Trinajstić information content (AvgIpc) is 2.62. The summed E-state index contributed by atoms with van der Waals surface area (Å²) < 4.78 is 19.3. The van der Waals surface area contributed by atoms with Gasteiger partial charge >= 0.3 is 0 Å². The Labute approximate surface area is 141 Å². The van der Waals surface area contributed by atoms with Gasteiger partial charge in [-0.2, -0.15) is 0 Å². The summed E-state index contributed by atoms with van der Waals surface area (Å²) >= 11 is 0. The summed E-state index contributed by atoms with van der Waals surface area (Å²) in [4.78, 5) is 4.09. The van der Waals surface area contributed by atoms with Crippen molar-refractivity contribution < 1.29 is 9.13 Å². The van der Waals surface area contributed by atoms with Crippen LogP contribution in [0, 0.1) is 5.82 Å². The van der Waals surface area contributed by atoms with Gasteiger partial charge in [0, 0.05) is 31.0 Å². The molecule has 0 spiro atoms. The smallest absolute Gasteiger partial charge is 0.129 e. The predicted molar refractivity (Wildman–Crippen MR) is 92.0 cm³/mol. The van der Waals surface area contributed by atoms with Crippen LogP contribution < -0.4 is 10.1 Å². The van der Waals surface area contributed by atoms with E-state index < -0.39 is 0 Å². The number of pyridine rings is 1. The number of nitrogens with zero attached hydrogens (tertiary/aromatic N) is 1. The van der Waals surface area contributed by atoms with Crippen molar-refractivity contribution in [3.63, 3.8) is 0 Å². The Kier molecular flexibility index (Phi) is 5.53. The molecular weight excluding hydrogens is 303 g/mol. The molecule has 0 saturated heterocycles. The number of rotatable bonds is 7. The second-order valence-electron chi connectivity index (χ2n) is 5.49. The molecule has 3 nitrogen and oxygen atoms in total. The van der Waals surface area contributed by atoms with Gasteiger partial charge in [-0.3, -0.25) is 4.98 Å². The van der Waals surface area contributed by atoms with Gasteiger partial charge in [0.25, 0.3) is 0 Å². The minimum atomic E-state index is -0.244. The molecule has 0 aliphatic heterocycles. The lowest BCUT2D eigenvalue weighted by molar-refractivity contribution is 0.299. The quantitative estimate of drug-likeness (QED) is 0.711. The molecule has 1 aromatic heterocycles. The highest BCUT2D eigenvalue weighted by Crippen LogP contribution is 2.16. The fraction of sp³-hybridized carbons (Fsp3) is 0.150. The number of nitrogens with one attached hydrogen (secondary N) is 1. The molecule has 0 unspecified atom stereocenters. The molecule has 0 aliphatic carbocycles. The molecule has 0 aliphatic rings. The van der Waals surface area contributed by atoms with Crippen LogP contribution in [0.5, 0.6) is 5.75 Å². The zero-order chi connectivity index (χ0) is 16.6. The van der Waals surface area contributed by atoms with Crippen LogP contribution in [0.4, 0.5) is 4.39 Å². The summed E-state index contributed by atoms with van der Waals surface area (Å²) in [6, 6.07) is 18.4. The van der Waals surface area contributed by atoms with Gasteiger partial charge in [-0.05, 0) is 35.4 Å². The molecule has 3 rings (SSSR count). The van der Waals surface area contributed by atoms with Gasteiger partial charge in [0.15, 0.2) is 0 Å². The van der Waals surface area contributed by atoms with E-state index in [1.807, 2.05) is 42.6 Å². The molecule has 0 radical (unpaired) electrons. The molecular formula is C20H19FN2O. The van der Waals surface area contributed by atoms with Crippen molar-refractivity contribution in [1.29, 1.82) is 0 Å². The molecule has 24 heavy (non-hydrogen) atoms. The van der Waals surface area contributed by atoms with Crippen LogP contribution in [-0.4, -0.2) is 4.98 Å². The third kappa shape index (κ3) is 4.64. The summed E-state index contributed by atoms with van der Waals surface area (Å²) in [5.74, 6) is 0.491. The minimum absolute atomic E-state index is 0.221. The SMILES string of the molecule is Fc1ccccc1COc1cccc(CNCc2cccnc2)c1. The summed E-state index contributed by atoms with van der Waals surface area (Å²) in [5.41, 5.74) is 2.81. The molecule has 2 aromatic carbocycles. The fourth-order valence-corrected chi connectivity index (χ4v) is 2.38. The molecule has 0 amide bonds. The van der Waals surface area contributed by atoms with Crippen molar-refractivity contribution in [3.8, 4) is 5.75 Å². The predicted octanol–water partition coefficient (Wildman–Crippen LogP) is 4.09. The maximum Gasteiger partial charge on any atom is 0.129 e. The summed E-state index contributed by atoms with van der Waals surface area (Å²) in [7, 11) is 0. The summed E-state index contributed by atoms with van der Waals surface area (Å²) in [5, 5.41) is 3.37. The van der Waals surface area contributed by atoms with Gasteiger partial charge in [-0.1, -0.05) is 36.4 Å². The molecule has 0 fully saturated rings. The van der Waals surface area contributed by atoms with Crippen molar-refractivity contribution in [2.75, 3.05) is 0 Å². The average molecular weight is 322 g/mol.